The van der Waals surface area contributed by atoms with Crippen LogP contribution in [0.5, 0.6) is 0 Å². The van der Waals surface area contributed by atoms with Gasteiger partial charge in [0.05, 0.1) is 16.7 Å². The van der Waals surface area contributed by atoms with Crippen molar-refractivity contribution in [2.75, 3.05) is 5.75 Å². The summed E-state index contributed by atoms with van der Waals surface area (Å²) in [4.78, 5) is 19.0. The van der Waals surface area contributed by atoms with Crippen LogP contribution >= 0.6 is 23.5 Å². The molecule has 1 aliphatic heterocycles. The molecule has 100 valence electrons. The molecule has 1 aromatic rings. The van der Waals surface area contributed by atoms with Crippen LogP contribution in [-0.4, -0.2) is 29.9 Å². The maximum atomic E-state index is 10.4. The van der Waals surface area contributed by atoms with Gasteiger partial charge in [0.1, 0.15) is 6.20 Å². The molecule has 2 atom stereocenters. The Kier molecular flexibility index (Phi) is 4.06. The minimum atomic E-state index is -0.818. The molecular formula is C10H15N3O3S2. The highest BCUT2D eigenvalue weighted by Gasteiger charge is 2.39. The van der Waals surface area contributed by atoms with Gasteiger partial charge in [-0.2, -0.15) is 4.94 Å². The van der Waals surface area contributed by atoms with Crippen LogP contribution in [-0.2, 0) is 6.42 Å². The number of nitrogens with zero attached hydrogens (tertiary/aromatic N) is 3. The summed E-state index contributed by atoms with van der Waals surface area (Å²) in [7, 11) is 0. The highest BCUT2D eigenvalue weighted by Crippen LogP contribution is 2.51. The van der Waals surface area contributed by atoms with Gasteiger partial charge < -0.3 is 0 Å². The second-order valence-electron chi connectivity index (χ2n) is 4.16. The highest BCUT2D eigenvalue weighted by atomic mass is 32.2. The SMILES string of the molecule is CCC1(Cc2nccn2O[N+](=O)[O-])SCC(C)S1. The number of hydrogen-bond donors (Lipinski definition) is 0. The van der Waals surface area contributed by atoms with Crippen molar-refractivity contribution in [2.24, 2.45) is 0 Å². The van der Waals surface area contributed by atoms with Gasteiger partial charge in [0.15, 0.2) is 5.09 Å². The highest BCUT2D eigenvalue weighted by molar-refractivity contribution is 8.21. The number of hydrogen-bond acceptors (Lipinski definition) is 6. The maximum absolute atomic E-state index is 10.4. The molecule has 2 rings (SSSR count). The molecule has 8 heteroatoms. The van der Waals surface area contributed by atoms with Crippen LogP contribution in [0.4, 0.5) is 0 Å². The molecule has 2 unspecified atom stereocenters. The molecule has 0 spiro atoms. The zero-order chi connectivity index (χ0) is 13.2. The van der Waals surface area contributed by atoms with Gasteiger partial charge in [-0.15, -0.1) is 23.5 Å². The largest absolute Gasteiger partial charge is 0.227 e. The Morgan fingerprint density at radius 3 is 3.11 bits per heavy atom. The summed E-state index contributed by atoms with van der Waals surface area (Å²) in [6, 6.07) is 0. The van der Waals surface area contributed by atoms with Crippen molar-refractivity contribution in [3.05, 3.63) is 28.3 Å². The molecule has 6 nitrogen and oxygen atoms in total. The lowest BCUT2D eigenvalue weighted by atomic mass is 10.2. The Hall–Kier alpha value is -0.890. The molecule has 2 heterocycles. The average molecular weight is 289 g/mol. The van der Waals surface area contributed by atoms with E-state index in [-0.39, 0.29) is 4.08 Å². The molecule has 0 saturated carbocycles. The van der Waals surface area contributed by atoms with Crippen LogP contribution in [0.3, 0.4) is 0 Å². The minimum Gasteiger partial charge on any atom is -0.218 e. The van der Waals surface area contributed by atoms with Crippen molar-refractivity contribution in [2.45, 2.75) is 36.0 Å². The molecule has 0 bridgehead atoms. The van der Waals surface area contributed by atoms with Gasteiger partial charge >= 0.3 is 0 Å². The van der Waals surface area contributed by atoms with Crippen LogP contribution in [0.25, 0.3) is 0 Å². The second kappa shape index (κ2) is 5.40. The summed E-state index contributed by atoms with van der Waals surface area (Å²) in [5.74, 6) is 1.71. The van der Waals surface area contributed by atoms with Crippen LogP contribution in [0, 0.1) is 10.1 Å². The molecule has 1 aromatic heterocycles. The Morgan fingerprint density at radius 1 is 1.78 bits per heavy atom. The topological polar surface area (TPSA) is 70.2 Å². The summed E-state index contributed by atoms with van der Waals surface area (Å²) in [6.45, 7) is 4.34. The molecule has 1 fully saturated rings. The Bertz CT molecular complexity index is 440. The number of aromatic nitrogens is 2. The van der Waals surface area contributed by atoms with Gasteiger partial charge in [-0.3, -0.25) is 0 Å². The first-order chi connectivity index (χ1) is 8.54. The second-order valence-corrected chi connectivity index (χ2v) is 7.64. The fourth-order valence-electron chi connectivity index (χ4n) is 1.94. The standard InChI is InChI=1S/C10H15N3O3S2/c1-3-10(17-7-8(2)18-10)6-9-11-4-5-12(9)16-13(14)15/h4-5,8H,3,6-7H2,1-2H3. The lowest BCUT2D eigenvalue weighted by Crippen LogP contribution is -2.26. The molecule has 18 heavy (non-hydrogen) atoms. The first kappa shape index (κ1) is 13.5. The zero-order valence-corrected chi connectivity index (χ0v) is 11.9. The summed E-state index contributed by atoms with van der Waals surface area (Å²) < 4.78 is 1.20. The monoisotopic (exact) mass is 289 g/mol. The first-order valence-corrected chi connectivity index (χ1v) is 7.58. The van der Waals surface area contributed by atoms with E-state index < -0.39 is 5.09 Å². The average Bonchev–Trinajstić information content (AvgIpc) is 2.87. The third kappa shape index (κ3) is 2.92. The van der Waals surface area contributed by atoms with E-state index in [9.17, 15) is 10.1 Å². The molecular weight excluding hydrogens is 274 g/mol. The number of thioether (sulfide) groups is 2. The summed E-state index contributed by atoms with van der Waals surface area (Å²) in [5.41, 5.74) is 0. The van der Waals surface area contributed by atoms with E-state index in [0.29, 0.717) is 17.5 Å². The summed E-state index contributed by atoms with van der Waals surface area (Å²) in [6.07, 6.45) is 4.66. The normalized spacial score (nSPS) is 27.3. The van der Waals surface area contributed by atoms with E-state index in [1.807, 2.05) is 23.5 Å². The predicted molar refractivity (Wildman–Crippen MR) is 72.0 cm³/mol. The van der Waals surface area contributed by atoms with Gasteiger partial charge in [0, 0.05) is 11.0 Å². The molecule has 1 saturated heterocycles. The van der Waals surface area contributed by atoms with Crippen molar-refractivity contribution in [3.8, 4) is 0 Å². The van der Waals surface area contributed by atoms with Gasteiger partial charge in [-0.05, 0) is 6.42 Å². The summed E-state index contributed by atoms with van der Waals surface area (Å²) >= 11 is 3.83. The lowest BCUT2D eigenvalue weighted by Gasteiger charge is -2.24. The van der Waals surface area contributed by atoms with Gasteiger partial charge in [0.2, 0.25) is 5.82 Å². The maximum Gasteiger partial charge on any atom is 0.227 e. The van der Waals surface area contributed by atoms with Crippen LogP contribution in [0.1, 0.15) is 26.1 Å². The van der Waals surface area contributed by atoms with Gasteiger partial charge in [0.25, 0.3) is 0 Å². The predicted octanol–water partition coefficient (Wildman–Crippen LogP) is 2.02. The smallest absolute Gasteiger partial charge is 0.218 e. The first-order valence-electron chi connectivity index (χ1n) is 5.71. The van der Waals surface area contributed by atoms with Crippen molar-refractivity contribution >= 4 is 23.5 Å². The number of rotatable bonds is 5. The fraction of sp³-hybridized carbons (Fsp3) is 0.700. The van der Waals surface area contributed by atoms with E-state index in [1.54, 1.807) is 0 Å². The van der Waals surface area contributed by atoms with Crippen molar-refractivity contribution in [1.29, 1.82) is 0 Å². The molecule has 1 aliphatic rings. The van der Waals surface area contributed by atoms with Crippen LogP contribution < -0.4 is 4.94 Å². The number of imidazole rings is 1. The Labute approximate surface area is 114 Å². The van der Waals surface area contributed by atoms with E-state index in [1.165, 1.54) is 12.4 Å². The molecule has 0 radical (unpaired) electrons. The van der Waals surface area contributed by atoms with Crippen LogP contribution in [0.2, 0.25) is 0 Å². The molecule has 0 aliphatic carbocycles. The van der Waals surface area contributed by atoms with E-state index in [0.717, 1.165) is 16.9 Å². The zero-order valence-electron chi connectivity index (χ0n) is 10.2. The minimum absolute atomic E-state index is 0.0580. The third-order valence-electron chi connectivity index (χ3n) is 2.80. The van der Waals surface area contributed by atoms with Crippen molar-refractivity contribution in [3.63, 3.8) is 0 Å². The molecule has 0 aromatic carbocycles. The fourth-order valence-corrected chi connectivity index (χ4v) is 5.47. The van der Waals surface area contributed by atoms with E-state index in [4.69, 9.17) is 0 Å². The van der Waals surface area contributed by atoms with Gasteiger partial charge in [-0.1, -0.05) is 18.6 Å². The van der Waals surface area contributed by atoms with Crippen molar-refractivity contribution < 1.29 is 10.0 Å². The molecule has 0 N–H and O–H groups in total. The van der Waals surface area contributed by atoms with Gasteiger partial charge in [-0.25, -0.2) is 15.1 Å². The Morgan fingerprint density at radius 2 is 2.56 bits per heavy atom. The van der Waals surface area contributed by atoms with E-state index in [2.05, 4.69) is 23.8 Å². The summed E-state index contributed by atoms with van der Waals surface area (Å²) in [5, 5.41) is 10.2. The quantitative estimate of drug-likeness (QED) is 0.610. The third-order valence-corrected chi connectivity index (χ3v) is 6.71. The lowest BCUT2D eigenvalue weighted by molar-refractivity contribution is -0.749. The van der Waals surface area contributed by atoms with Crippen LogP contribution in [0.15, 0.2) is 12.4 Å². The van der Waals surface area contributed by atoms with Crippen molar-refractivity contribution in [1.82, 2.24) is 9.71 Å². The van der Waals surface area contributed by atoms with E-state index >= 15 is 0 Å². The molecule has 0 amide bonds. The Balaban J connectivity index is 2.13.